The minimum Gasteiger partial charge on any atom is -0.484 e. The fourth-order valence-corrected chi connectivity index (χ4v) is 3.19. The van der Waals surface area contributed by atoms with E-state index in [0.29, 0.717) is 22.3 Å². The van der Waals surface area contributed by atoms with Gasteiger partial charge < -0.3 is 10.1 Å². The number of nitrogens with one attached hydrogen (secondary N) is 1. The Kier molecular flexibility index (Phi) is 4.94. The molecule has 0 unspecified atom stereocenters. The van der Waals surface area contributed by atoms with E-state index in [-0.39, 0.29) is 23.8 Å². The largest absolute Gasteiger partial charge is 0.484 e. The summed E-state index contributed by atoms with van der Waals surface area (Å²) in [5, 5.41) is 2.91. The predicted molar refractivity (Wildman–Crippen MR) is 90.1 cm³/mol. The van der Waals surface area contributed by atoms with Crippen LogP contribution in [-0.2, 0) is 11.2 Å². The summed E-state index contributed by atoms with van der Waals surface area (Å²) in [7, 11) is 0. The van der Waals surface area contributed by atoms with Crippen molar-refractivity contribution < 1.29 is 22.7 Å². The van der Waals surface area contributed by atoms with Crippen LogP contribution in [0.4, 0.5) is 18.9 Å². The molecule has 0 saturated heterocycles. The van der Waals surface area contributed by atoms with Gasteiger partial charge in [0.15, 0.2) is 11.8 Å². The highest BCUT2D eigenvalue weighted by molar-refractivity contribution is 7.99. The molecule has 0 aliphatic carbocycles. The maximum absolute atomic E-state index is 12.8. The van der Waals surface area contributed by atoms with Crippen molar-refractivity contribution in [3.8, 4) is 11.4 Å². The monoisotopic (exact) mass is 385 g/mol. The first kappa shape index (κ1) is 18.3. The van der Waals surface area contributed by atoms with Crippen molar-refractivity contribution in [2.24, 2.45) is 0 Å². The summed E-state index contributed by atoms with van der Waals surface area (Å²) in [6.07, 6.45) is -4.38. The van der Waals surface area contributed by atoms with Gasteiger partial charge in [0.05, 0.1) is 17.8 Å². The lowest BCUT2D eigenvalue weighted by Gasteiger charge is -2.14. The van der Waals surface area contributed by atoms with E-state index in [1.807, 2.05) is 6.92 Å². The van der Waals surface area contributed by atoms with Crippen molar-refractivity contribution >= 4 is 23.4 Å². The molecular formula is C16H14F3N3O3S. The number of benzene rings is 1. The lowest BCUT2D eigenvalue weighted by Crippen LogP contribution is -2.24. The number of thioether (sulfide) groups is 1. The molecule has 1 aliphatic heterocycles. The van der Waals surface area contributed by atoms with E-state index in [0.717, 1.165) is 0 Å². The second-order valence-electron chi connectivity index (χ2n) is 5.41. The number of hydrogen-bond donors (Lipinski definition) is 1. The minimum absolute atomic E-state index is 0.0336. The van der Waals surface area contributed by atoms with Gasteiger partial charge in [0.2, 0.25) is 5.91 Å². The first-order valence-electron chi connectivity index (χ1n) is 7.67. The molecule has 10 heteroatoms. The maximum atomic E-state index is 12.8. The highest BCUT2D eigenvalue weighted by atomic mass is 32.2. The number of alkyl halides is 3. The summed E-state index contributed by atoms with van der Waals surface area (Å²) in [4.78, 5) is 28.7. The third-order valence-electron chi connectivity index (χ3n) is 3.49. The summed E-state index contributed by atoms with van der Waals surface area (Å²) >= 11 is 1.33. The Balaban J connectivity index is 1.97. The molecule has 3 rings (SSSR count). The van der Waals surface area contributed by atoms with Gasteiger partial charge in [-0.2, -0.15) is 13.2 Å². The van der Waals surface area contributed by atoms with E-state index in [1.165, 1.54) is 40.6 Å². The average molecular weight is 385 g/mol. The molecule has 2 heterocycles. The minimum atomic E-state index is -4.43. The first-order valence-corrected chi connectivity index (χ1v) is 8.65. The van der Waals surface area contributed by atoms with E-state index in [2.05, 4.69) is 15.0 Å². The third kappa shape index (κ3) is 3.85. The Morgan fingerprint density at radius 3 is 2.58 bits per heavy atom. The van der Waals surface area contributed by atoms with Crippen LogP contribution in [0.25, 0.3) is 5.69 Å². The summed E-state index contributed by atoms with van der Waals surface area (Å²) in [5.41, 5.74) is 0.521. The molecule has 0 atom stereocenters. The molecule has 0 saturated carbocycles. The molecule has 0 bridgehead atoms. The van der Waals surface area contributed by atoms with Crippen molar-refractivity contribution in [3.63, 3.8) is 0 Å². The lowest BCUT2D eigenvalue weighted by atomic mass is 10.3. The van der Waals surface area contributed by atoms with Crippen LogP contribution < -0.4 is 15.6 Å². The SMILES string of the molecule is CCSc1nc2c(c(=O)n1-c1ccc(OCC(F)(F)F)cc1)NC(=O)C2. The van der Waals surface area contributed by atoms with Crippen molar-refractivity contribution in [1.82, 2.24) is 9.55 Å². The van der Waals surface area contributed by atoms with Crippen LogP contribution in [0.5, 0.6) is 5.75 Å². The fourth-order valence-electron chi connectivity index (χ4n) is 2.44. The highest BCUT2D eigenvalue weighted by Gasteiger charge is 2.28. The van der Waals surface area contributed by atoms with Gasteiger partial charge >= 0.3 is 6.18 Å². The van der Waals surface area contributed by atoms with Gasteiger partial charge in [-0.05, 0) is 30.0 Å². The highest BCUT2D eigenvalue weighted by Crippen LogP contribution is 2.26. The van der Waals surface area contributed by atoms with Crippen LogP contribution in [0.1, 0.15) is 12.6 Å². The molecule has 1 amide bonds. The van der Waals surface area contributed by atoms with Gasteiger partial charge in [0.1, 0.15) is 11.4 Å². The number of amides is 1. The Morgan fingerprint density at radius 2 is 1.96 bits per heavy atom. The summed E-state index contributed by atoms with van der Waals surface area (Å²) in [6, 6.07) is 5.63. The molecule has 0 radical (unpaired) electrons. The van der Waals surface area contributed by atoms with E-state index < -0.39 is 18.3 Å². The number of carbonyl (C=O) groups excluding carboxylic acids is 1. The van der Waals surface area contributed by atoms with E-state index in [4.69, 9.17) is 0 Å². The second-order valence-corrected chi connectivity index (χ2v) is 6.64. The topological polar surface area (TPSA) is 73.2 Å². The number of ether oxygens (including phenoxy) is 1. The molecule has 1 aromatic carbocycles. The normalized spacial score (nSPS) is 13.5. The number of fused-ring (bicyclic) bond motifs is 1. The molecule has 1 aliphatic rings. The fraction of sp³-hybridized carbons (Fsp3) is 0.312. The van der Waals surface area contributed by atoms with Crippen LogP contribution in [0.3, 0.4) is 0 Å². The molecular weight excluding hydrogens is 371 g/mol. The van der Waals surface area contributed by atoms with Crippen LogP contribution >= 0.6 is 11.8 Å². The van der Waals surface area contributed by atoms with E-state index >= 15 is 0 Å². The van der Waals surface area contributed by atoms with Crippen LogP contribution in [-0.4, -0.2) is 34.0 Å². The lowest BCUT2D eigenvalue weighted by molar-refractivity contribution is -0.153. The van der Waals surface area contributed by atoms with Crippen LogP contribution in [0.15, 0.2) is 34.2 Å². The zero-order valence-electron chi connectivity index (χ0n) is 13.6. The second kappa shape index (κ2) is 7.02. The number of nitrogens with zero attached hydrogens (tertiary/aromatic N) is 2. The quantitative estimate of drug-likeness (QED) is 0.633. The third-order valence-corrected chi connectivity index (χ3v) is 4.31. The van der Waals surface area contributed by atoms with Gasteiger partial charge in [0, 0.05) is 0 Å². The number of anilines is 1. The van der Waals surface area contributed by atoms with Crippen molar-refractivity contribution in [2.45, 2.75) is 24.7 Å². The van der Waals surface area contributed by atoms with Crippen molar-refractivity contribution in [1.29, 1.82) is 0 Å². The van der Waals surface area contributed by atoms with E-state index in [9.17, 15) is 22.8 Å². The molecule has 0 spiro atoms. The van der Waals surface area contributed by atoms with Gasteiger partial charge in [-0.25, -0.2) is 4.98 Å². The zero-order valence-corrected chi connectivity index (χ0v) is 14.4. The van der Waals surface area contributed by atoms with Crippen LogP contribution in [0, 0.1) is 0 Å². The molecule has 1 aromatic heterocycles. The average Bonchev–Trinajstić information content (AvgIpc) is 2.94. The number of aromatic nitrogens is 2. The predicted octanol–water partition coefficient (Wildman–Crippen LogP) is 2.78. The summed E-state index contributed by atoms with van der Waals surface area (Å²) in [5.74, 6) is 0.385. The summed E-state index contributed by atoms with van der Waals surface area (Å²) < 4.78 is 42.6. The Hall–Kier alpha value is -2.49. The Bertz CT molecular complexity index is 895. The van der Waals surface area contributed by atoms with Crippen LogP contribution in [0.2, 0.25) is 0 Å². The van der Waals surface area contributed by atoms with Gasteiger partial charge in [0.25, 0.3) is 5.56 Å². The Morgan fingerprint density at radius 1 is 1.27 bits per heavy atom. The van der Waals surface area contributed by atoms with Gasteiger partial charge in [-0.15, -0.1) is 0 Å². The van der Waals surface area contributed by atoms with Gasteiger partial charge in [-0.1, -0.05) is 18.7 Å². The molecule has 6 nitrogen and oxygen atoms in total. The Labute approximate surface area is 150 Å². The molecule has 1 N–H and O–H groups in total. The molecule has 138 valence electrons. The van der Waals surface area contributed by atoms with Crippen molar-refractivity contribution in [2.75, 3.05) is 17.7 Å². The first-order chi connectivity index (χ1) is 12.3. The smallest absolute Gasteiger partial charge is 0.422 e. The molecule has 0 fully saturated rings. The summed E-state index contributed by atoms with van der Waals surface area (Å²) in [6.45, 7) is 0.502. The maximum Gasteiger partial charge on any atom is 0.422 e. The molecule has 2 aromatic rings. The standard InChI is InChI=1S/C16H14F3N3O3S/c1-2-26-15-20-11-7-12(23)21-13(11)14(24)22(15)9-3-5-10(6-4-9)25-8-16(17,18)19/h3-6H,2,7-8H2,1H3,(H,21,23). The number of halogens is 3. The number of hydrogen-bond acceptors (Lipinski definition) is 5. The molecule has 26 heavy (non-hydrogen) atoms. The van der Waals surface area contributed by atoms with Crippen molar-refractivity contribution in [3.05, 3.63) is 40.3 Å². The number of rotatable bonds is 5. The van der Waals surface area contributed by atoms with E-state index in [1.54, 1.807) is 0 Å². The zero-order chi connectivity index (χ0) is 18.9. The number of carbonyl (C=O) groups is 1. The van der Waals surface area contributed by atoms with Gasteiger partial charge in [-0.3, -0.25) is 14.2 Å².